The summed E-state index contributed by atoms with van der Waals surface area (Å²) in [7, 11) is 0. The average molecular weight is 1900 g/mol. The summed E-state index contributed by atoms with van der Waals surface area (Å²) in [5.41, 5.74) is 52.1. The molecule has 0 radical (unpaired) electrons. The highest BCUT2D eigenvalue weighted by Crippen LogP contribution is 2.17. The van der Waals surface area contributed by atoms with Crippen molar-refractivity contribution >= 4 is 124 Å². The number of phenolic OH excluding ortho intramolecular Hbond substituents is 1. The molecule has 50 heteroatoms. The Hall–Kier alpha value is -14.3. The van der Waals surface area contributed by atoms with Crippen LogP contribution in [0.3, 0.4) is 0 Å². The first kappa shape index (κ1) is 115. The van der Waals surface area contributed by atoms with E-state index in [4.69, 9.17) is 51.6 Å². The van der Waals surface area contributed by atoms with E-state index >= 15 is 0 Å². The van der Waals surface area contributed by atoms with E-state index in [1.807, 2.05) is 0 Å². The molecule has 0 aliphatic carbocycles. The number of nitrogens with one attached hydrogen (secondary N) is 16. The smallest absolute Gasteiger partial charge is 0.326 e. The number of hydrogen-bond acceptors (Lipinski definition) is 27. The van der Waals surface area contributed by atoms with Gasteiger partial charge in [0.05, 0.1) is 44.8 Å². The van der Waals surface area contributed by atoms with Gasteiger partial charge in [0.1, 0.15) is 84.3 Å². The highest BCUT2D eigenvalue weighted by atomic mass is 16.4. The standard InChI is InChI=1S/C85H133N27O23/c1-45(2)36-59(77(128)109-61(39-51-26-28-52(115)29-27-51)78(129)110-62(40-65(90)117)79(130)107-58(83(134)135)30-31-64(89)116)108-75(126)54(22-12-14-32-86)105-74(125)57(25-17-35-96-85(93)94)104-71(122)47(4)101-81(132)63(44-113)111-76(127)55(23-13-15-33-87)106-73(124)56(24-16-34-95-84(91)92)103-70(121)46(3)100-67(119)43-99-82(133)69(48(5)114)112-80(131)60(38-50-20-10-7-11-21-50)102-68(120)42-97-66(118)41-98-72(123)53(88)37-49-18-8-6-9-19-49/h6-11,18-21,26-29,45-48,53-63,69,113-115H,12-17,22-25,30-44,86-88H2,1-5H3,(H2,89,116)(H2,90,117)(H,97,118)(H,98,123)(H,99,133)(H,100,119)(H,101,132)(H,102,120)(H,103,121)(H,104,122)(H,105,125)(H,106,124)(H,107,130)(H,108,126)(H,109,128)(H,110,129)(H,111,127)(H,112,131)(H,134,135)(H4,91,92,95)(H4,93,94,96)/t46-,47-,48+,53-,54-,55-,56-,57-,58-,59-,60-,61-,62-,63-,69-/m0/s1. The number of aliphatic imine (C=N–C) groups is 2. The van der Waals surface area contributed by atoms with E-state index in [1.165, 1.54) is 38.1 Å². The largest absolute Gasteiger partial charge is 0.508 e. The van der Waals surface area contributed by atoms with Gasteiger partial charge >= 0.3 is 5.97 Å². The molecule has 38 N–H and O–H groups in total. The first-order valence-electron chi connectivity index (χ1n) is 43.8. The summed E-state index contributed by atoms with van der Waals surface area (Å²) >= 11 is 0. The number of aliphatic carboxylic acids is 1. The number of aliphatic hydroxyl groups excluding tert-OH is 2. The second-order valence-corrected chi connectivity index (χ2v) is 32.3. The summed E-state index contributed by atoms with van der Waals surface area (Å²) in [6.45, 7) is 3.77. The van der Waals surface area contributed by atoms with Crippen molar-refractivity contribution in [3.8, 4) is 5.75 Å². The summed E-state index contributed by atoms with van der Waals surface area (Å²) in [5.74, 6) is -20.8. The number of benzene rings is 3. The third kappa shape index (κ3) is 46.1. The molecule has 0 unspecified atom stereocenters. The molecule has 3 rings (SSSR count). The summed E-state index contributed by atoms with van der Waals surface area (Å²) in [4.78, 5) is 266. The highest BCUT2D eigenvalue weighted by molar-refractivity contribution is 6.01. The van der Waals surface area contributed by atoms with Crippen LogP contribution in [0, 0.1) is 5.92 Å². The molecule has 746 valence electrons. The van der Waals surface area contributed by atoms with Gasteiger partial charge in [0, 0.05) is 32.4 Å². The van der Waals surface area contributed by atoms with Crippen molar-refractivity contribution in [3.63, 3.8) is 0 Å². The van der Waals surface area contributed by atoms with Crippen LogP contribution in [-0.2, 0) is 110 Å². The predicted octanol–water partition coefficient (Wildman–Crippen LogP) is -10.6. The molecule has 135 heavy (non-hydrogen) atoms. The zero-order valence-corrected chi connectivity index (χ0v) is 76.1. The lowest BCUT2D eigenvalue weighted by atomic mass is 9.99. The zero-order valence-electron chi connectivity index (χ0n) is 76.1. The molecule has 0 aliphatic rings. The van der Waals surface area contributed by atoms with Crippen molar-refractivity contribution in [3.05, 3.63) is 102 Å². The van der Waals surface area contributed by atoms with Crippen LogP contribution in [0.5, 0.6) is 5.75 Å². The number of hydrogen-bond donors (Lipinski definition) is 29. The van der Waals surface area contributed by atoms with Crippen molar-refractivity contribution in [2.75, 3.05) is 52.4 Å². The number of primary amides is 2. The van der Waals surface area contributed by atoms with Crippen LogP contribution in [0.4, 0.5) is 0 Å². The van der Waals surface area contributed by atoms with Crippen LogP contribution >= 0.6 is 0 Å². The van der Waals surface area contributed by atoms with Gasteiger partial charge in [0.2, 0.25) is 106 Å². The molecule has 0 bridgehead atoms. The lowest BCUT2D eigenvalue weighted by molar-refractivity contribution is -0.143. The topological polar surface area (TPSA) is 857 Å². The van der Waals surface area contributed by atoms with Gasteiger partial charge < -0.3 is 157 Å². The fourth-order valence-corrected chi connectivity index (χ4v) is 13.0. The Bertz CT molecular complexity index is 4510. The van der Waals surface area contributed by atoms with E-state index in [9.17, 15) is 112 Å². The second kappa shape index (κ2) is 61.4. The van der Waals surface area contributed by atoms with Crippen LogP contribution < -0.4 is 137 Å². The molecular formula is C85H133N27O23. The molecule has 18 amide bonds. The maximum Gasteiger partial charge on any atom is 0.326 e. The maximum absolute atomic E-state index is 14.6. The number of rotatable bonds is 64. The SMILES string of the molecule is CC(C)C[C@H](NC(=O)[C@H](CCCCN)NC(=O)[C@H](CCCN=C(N)N)NC(=O)[C@H](C)NC(=O)[C@H](CO)NC(=O)[C@H](CCCCN)NC(=O)[C@H](CCCN=C(N)N)NC(=O)[C@H](C)NC(=O)CNC(=O)[C@@H](NC(=O)[C@H](Cc1ccccc1)NC(=O)CNC(=O)CNC(=O)[C@@H](N)Cc1ccccc1)[C@@H](C)O)C(=O)N[C@@H](Cc1ccc(O)cc1)C(=O)N[C@@H](CC(N)=O)C(=O)N[C@@H](CCC(N)=O)C(=O)O. The van der Waals surface area contributed by atoms with Crippen molar-refractivity contribution in [1.29, 1.82) is 0 Å². The Kier molecular flexibility index (Phi) is 52.3. The van der Waals surface area contributed by atoms with Crippen molar-refractivity contribution in [1.82, 2.24) is 85.1 Å². The Morgan fingerprint density at radius 2 is 0.726 bits per heavy atom. The van der Waals surface area contributed by atoms with E-state index in [2.05, 4.69) is 95.1 Å². The summed E-state index contributed by atoms with van der Waals surface area (Å²) in [5, 5.41) is 79.9. The average Bonchev–Trinajstić information content (AvgIpc) is 0.870. The minimum atomic E-state index is -1.86. The third-order valence-corrected chi connectivity index (χ3v) is 20.3. The number of carboxylic acid groups (broad SMARTS) is 1. The van der Waals surface area contributed by atoms with Crippen molar-refractivity contribution < 1.29 is 112 Å². The number of phenols is 1. The summed E-state index contributed by atoms with van der Waals surface area (Å²) < 4.78 is 0. The Labute approximate surface area is 779 Å². The molecule has 15 atom stereocenters. The minimum Gasteiger partial charge on any atom is -0.508 e. The lowest BCUT2D eigenvalue weighted by Gasteiger charge is -2.28. The maximum atomic E-state index is 14.6. The predicted molar refractivity (Wildman–Crippen MR) is 489 cm³/mol. The first-order chi connectivity index (χ1) is 63.8. The van der Waals surface area contributed by atoms with Crippen LogP contribution in [0.15, 0.2) is 94.9 Å². The van der Waals surface area contributed by atoms with Crippen LogP contribution in [-0.4, -0.2) is 288 Å². The number of aliphatic hydroxyl groups is 2. The molecule has 3 aromatic rings. The van der Waals surface area contributed by atoms with Crippen LogP contribution in [0.1, 0.15) is 141 Å². The molecule has 0 spiro atoms. The first-order valence-corrected chi connectivity index (χ1v) is 43.8. The summed E-state index contributed by atoms with van der Waals surface area (Å²) in [6, 6.07) is 0.487. The molecule has 50 nitrogen and oxygen atoms in total. The van der Waals surface area contributed by atoms with Crippen LogP contribution in [0.25, 0.3) is 0 Å². The Morgan fingerprint density at radius 3 is 1.19 bits per heavy atom. The van der Waals surface area contributed by atoms with Crippen molar-refractivity contribution in [2.24, 2.45) is 67.5 Å². The number of carbonyl (C=O) groups excluding carboxylic acids is 18. The molecule has 0 saturated heterocycles. The fraction of sp³-hybridized carbons (Fsp3) is 0.541. The van der Waals surface area contributed by atoms with Gasteiger partial charge in [-0.15, -0.1) is 0 Å². The van der Waals surface area contributed by atoms with E-state index in [0.717, 1.165) is 12.5 Å². The zero-order chi connectivity index (χ0) is 101. The quantitative estimate of drug-likeness (QED) is 0.0142. The number of unbranched alkanes of at least 4 members (excludes halogenated alkanes) is 2. The molecule has 0 fully saturated rings. The van der Waals surface area contributed by atoms with Gasteiger partial charge in [-0.05, 0) is 152 Å². The number of nitrogens with zero attached hydrogens (tertiary/aromatic N) is 2. The number of nitrogens with two attached hydrogens (primary N) is 9. The van der Waals surface area contributed by atoms with Crippen molar-refractivity contribution in [2.45, 2.75) is 234 Å². The van der Waals surface area contributed by atoms with Gasteiger partial charge in [0.25, 0.3) is 0 Å². The fourth-order valence-electron chi connectivity index (χ4n) is 13.0. The normalized spacial score (nSPS) is 14.3. The van der Waals surface area contributed by atoms with Gasteiger partial charge in [-0.3, -0.25) is 96.3 Å². The molecular weight excluding hydrogens is 1770 g/mol. The monoisotopic (exact) mass is 1900 g/mol. The number of amides is 18. The van der Waals surface area contributed by atoms with E-state index in [-0.39, 0.29) is 127 Å². The molecule has 0 aromatic heterocycles. The van der Waals surface area contributed by atoms with Gasteiger partial charge in [-0.2, -0.15) is 0 Å². The number of carbonyl (C=O) groups is 19. The second-order valence-electron chi connectivity index (χ2n) is 32.3. The molecule has 0 aliphatic heterocycles. The molecule has 3 aromatic carbocycles. The highest BCUT2D eigenvalue weighted by Gasteiger charge is 2.38. The number of aromatic hydroxyl groups is 1. The Balaban J connectivity index is 1.82. The van der Waals surface area contributed by atoms with E-state index in [0.29, 0.717) is 24.0 Å². The van der Waals surface area contributed by atoms with Gasteiger partial charge in [-0.1, -0.05) is 86.6 Å². The van der Waals surface area contributed by atoms with Gasteiger partial charge in [-0.25, -0.2) is 4.79 Å². The number of guanidine groups is 2. The molecule has 0 saturated carbocycles. The van der Waals surface area contributed by atoms with Gasteiger partial charge in [0.15, 0.2) is 11.9 Å². The molecule has 0 heterocycles. The van der Waals surface area contributed by atoms with E-state index in [1.54, 1.807) is 74.5 Å². The number of carboxylic acids is 1. The lowest BCUT2D eigenvalue weighted by Crippen LogP contribution is -2.61. The minimum absolute atomic E-state index is 0.00330. The summed E-state index contributed by atoms with van der Waals surface area (Å²) in [6.07, 6.45) is -3.74. The Morgan fingerprint density at radius 1 is 0.356 bits per heavy atom. The van der Waals surface area contributed by atoms with Crippen LogP contribution in [0.2, 0.25) is 0 Å². The third-order valence-electron chi connectivity index (χ3n) is 20.3. The van der Waals surface area contributed by atoms with E-state index < -0.39 is 248 Å².